The SMILES string of the molecule is Cc1ccc(S(=O)(=O)N2CCC[C@@H](C(=O)NNC(=O)Cc3ccccc3)C2)s1. The number of carbonyl (C=O) groups excluding carboxylic acids is 2. The molecule has 0 aliphatic carbocycles. The van der Waals surface area contributed by atoms with Gasteiger partial charge in [-0.3, -0.25) is 20.4 Å². The molecule has 150 valence electrons. The van der Waals surface area contributed by atoms with Crippen molar-refractivity contribution in [3.63, 3.8) is 0 Å². The number of thiophene rings is 1. The van der Waals surface area contributed by atoms with Gasteiger partial charge in [0.1, 0.15) is 4.21 Å². The molecule has 1 atom stereocenters. The highest BCUT2D eigenvalue weighted by molar-refractivity contribution is 7.91. The van der Waals surface area contributed by atoms with Gasteiger partial charge in [-0.15, -0.1) is 11.3 Å². The predicted molar refractivity (Wildman–Crippen MR) is 107 cm³/mol. The zero-order valence-corrected chi connectivity index (χ0v) is 17.2. The van der Waals surface area contributed by atoms with Crippen molar-refractivity contribution in [2.75, 3.05) is 13.1 Å². The van der Waals surface area contributed by atoms with Gasteiger partial charge in [0.05, 0.1) is 12.3 Å². The van der Waals surface area contributed by atoms with E-state index in [2.05, 4.69) is 10.9 Å². The molecule has 0 radical (unpaired) electrons. The highest BCUT2D eigenvalue weighted by Gasteiger charge is 2.34. The van der Waals surface area contributed by atoms with Crippen molar-refractivity contribution in [3.8, 4) is 0 Å². The lowest BCUT2D eigenvalue weighted by atomic mass is 9.99. The van der Waals surface area contributed by atoms with Crippen molar-refractivity contribution in [3.05, 3.63) is 52.9 Å². The van der Waals surface area contributed by atoms with Crippen molar-refractivity contribution in [2.24, 2.45) is 5.92 Å². The largest absolute Gasteiger partial charge is 0.273 e. The van der Waals surface area contributed by atoms with Crippen molar-refractivity contribution in [2.45, 2.75) is 30.4 Å². The number of rotatable bonds is 5. The van der Waals surface area contributed by atoms with Crippen LogP contribution in [0.25, 0.3) is 0 Å². The quantitative estimate of drug-likeness (QED) is 0.720. The lowest BCUT2D eigenvalue weighted by molar-refractivity contribution is -0.131. The number of aryl methyl sites for hydroxylation is 1. The fraction of sp³-hybridized carbons (Fsp3) is 0.368. The molecule has 0 unspecified atom stereocenters. The van der Waals surface area contributed by atoms with Crippen LogP contribution in [0.15, 0.2) is 46.7 Å². The van der Waals surface area contributed by atoms with Gasteiger partial charge in [0, 0.05) is 18.0 Å². The summed E-state index contributed by atoms with van der Waals surface area (Å²) in [6.07, 6.45) is 1.33. The number of nitrogens with one attached hydrogen (secondary N) is 2. The van der Waals surface area contributed by atoms with Gasteiger partial charge in [-0.1, -0.05) is 30.3 Å². The summed E-state index contributed by atoms with van der Waals surface area (Å²) in [4.78, 5) is 25.3. The van der Waals surface area contributed by atoms with E-state index >= 15 is 0 Å². The van der Waals surface area contributed by atoms with Gasteiger partial charge in [0.2, 0.25) is 11.8 Å². The van der Waals surface area contributed by atoms with Gasteiger partial charge >= 0.3 is 0 Å². The van der Waals surface area contributed by atoms with E-state index in [0.29, 0.717) is 23.6 Å². The molecule has 9 heteroatoms. The van der Waals surface area contributed by atoms with Gasteiger partial charge in [-0.05, 0) is 37.5 Å². The van der Waals surface area contributed by atoms with Crippen LogP contribution in [0.2, 0.25) is 0 Å². The van der Waals surface area contributed by atoms with Gasteiger partial charge in [-0.25, -0.2) is 8.42 Å². The minimum absolute atomic E-state index is 0.111. The molecule has 2 amide bonds. The number of benzene rings is 1. The van der Waals surface area contributed by atoms with E-state index in [0.717, 1.165) is 10.4 Å². The number of carbonyl (C=O) groups is 2. The zero-order chi connectivity index (χ0) is 20.1. The molecular weight excluding hydrogens is 398 g/mol. The molecule has 1 aliphatic rings. The summed E-state index contributed by atoms with van der Waals surface area (Å²) in [7, 11) is -3.60. The van der Waals surface area contributed by atoms with E-state index in [4.69, 9.17) is 0 Å². The second kappa shape index (κ2) is 8.85. The molecule has 0 bridgehead atoms. The summed E-state index contributed by atoms with van der Waals surface area (Å²) in [5.74, 6) is -1.20. The molecule has 3 rings (SSSR count). The van der Waals surface area contributed by atoms with Crippen LogP contribution in [0.3, 0.4) is 0 Å². The number of hydrogen-bond acceptors (Lipinski definition) is 5. The van der Waals surface area contributed by atoms with Crippen molar-refractivity contribution in [1.82, 2.24) is 15.2 Å². The van der Waals surface area contributed by atoms with Gasteiger partial charge in [0.25, 0.3) is 10.0 Å². The number of amides is 2. The van der Waals surface area contributed by atoms with E-state index in [9.17, 15) is 18.0 Å². The van der Waals surface area contributed by atoms with Crippen molar-refractivity contribution < 1.29 is 18.0 Å². The fourth-order valence-corrected chi connectivity index (χ4v) is 6.07. The summed E-state index contributed by atoms with van der Waals surface area (Å²) in [6, 6.07) is 12.6. The number of sulfonamides is 1. The molecule has 1 aromatic carbocycles. The normalized spacial score (nSPS) is 17.8. The molecular formula is C19H23N3O4S2. The molecule has 2 aromatic rings. The van der Waals surface area contributed by atoms with E-state index in [1.807, 2.05) is 37.3 Å². The molecule has 0 spiro atoms. The average molecular weight is 422 g/mol. The number of hydrazine groups is 1. The Kier molecular flexibility index (Phi) is 6.48. The Morgan fingerprint density at radius 1 is 1.14 bits per heavy atom. The van der Waals surface area contributed by atoms with E-state index in [-0.39, 0.29) is 24.8 Å². The first-order valence-corrected chi connectivity index (χ1v) is 11.3. The van der Waals surface area contributed by atoms with Crippen LogP contribution >= 0.6 is 11.3 Å². The highest BCUT2D eigenvalue weighted by Crippen LogP contribution is 2.28. The molecule has 7 nitrogen and oxygen atoms in total. The van der Waals surface area contributed by atoms with Crippen LogP contribution in [0.4, 0.5) is 0 Å². The third kappa shape index (κ3) is 4.98. The maximum atomic E-state index is 12.8. The molecule has 28 heavy (non-hydrogen) atoms. The highest BCUT2D eigenvalue weighted by atomic mass is 32.2. The molecule has 2 N–H and O–H groups in total. The molecule has 1 aromatic heterocycles. The minimum atomic E-state index is -3.60. The lowest BCUT2D eigenvalue weighted by Gasteiger charge is -2.30. The lowest BCUT2D eigenvalue weighted by Crippen LogP contribution is -2.50. The monoisotopic (exact) mass is 421 g/mol. The first kappa shape index (κ1) is 20.5. The summed E-state index contributed by atoms with van der Waals surface area (Å²) in [5, 5.41) is 0. The van der Waals surface area contributed by atoms with Crippen LogP contribution in [0, 0.1) is 12.8 Å². The Hall–Kier alpha value is -2.23. The summed E-state index contributed by atoms with van der Waals surface area (Å²) < 4.78 is 27.2. The Balaban J connectivity index is 1.55. The van der Waals surface area contributed by atoms with Crippen LogP contribution in [0.1, 0.15) is 23.3 Å². The molecule has 1 aliphatic heterocycles. The van der Waals surface area contributed by atoms with Crippen LogP contribution in [-0.2, 0) is 26.0 Å². The van der Waals surface area contributed by atoms with E-state index in [1.165, 1.54) is 15.6 Å². The maximum Gasteiger partial charge on any atom is 0.252 e. The summed E-state index contributed by atoms with van der Waals surface area (Å²) >= 11 is 1.23. The standard InChI is InChI=1S/C19H23N3O4S2/c1-14-9-10-18(27-14)28(25,26)22-11-5-8-16(13-22)19(24)21-20-17(23)12-15-6-3-2-4-7-15/h2-4,6-7,9-10,16H,5,8,11-13H2,1H3,(H,20,23)(H,21,24)/t16-/m1/s1. The number of piperidine rings is 1. The second-order valence-electron chi connectivity index (χ2n) is 6.77. The van der Waals surface area contributed by atoms with Crippen LogP contribution in [-0.4, -0.2) is 37.6 Å². The second-order valence-corrected chi connectivity index (χ2v) is 10.2. The zero-order valence-electron chi connectivity index (χ0n) is 15.6. The smallest absolute Gasteiger partial charge is 0.252 e. The molecule has 2 heterocycles. The summed E-state index contributed by atoms with van der Waals surface area (Å²) in [5.41, 5.74) is 5.69. The maximum absolute atomic E-state index is 12.8. The number of hydrogen-bond donors (Lipinski definition) is 2. The third-order valence-corrected chi connectivity index (χ3v) is 7.93. The first-order chi connectivity index (χ1) is 13.4. The molecule has 0 saturated carbocycles. The third-order valence-electron chi connectivity index (χ3n) is 4.60. The Labute approximate surface area is 168 Å². The molecule has 1 fully saturated rings. The molecule has 1 saturated heterocycles. The Bertz CT molecular complexity index is 941. The Morgan fingerprint density at radius 3 is 2.57 bits per heavy atom. The predicted octanol–water partition coefficient (Wildman–Crippen LogP) is 1.85. The Morgan fingerprint density at radius 2 is 1.89 bits per heavy atom. The van der Waals surface area contributed by atoms with Gasteiger partial charge < -0.3 is 0 Å². The van der Waals surface area contributed by atoms with Gasteiger partial charge in [0.15, 0.2) is 0 Å². The van der Waals surface area contributed by atoms with Crippen molar-refractivity contribution >= 4 is 33.2 Å². The fourth-order valence-electron chi connectivity index (χ4n) is 3.11. The van der Waals surface area contributed by atoms with Crippen LogP contribution < -0.4 is 10.9 Å². The van der Waals surface area contributed by atoms with Crippen molar-refractivity contribution in [1.29, 1.82) is 0 Å². The number of nitrogens with zero attached hydrogens (tertiary/aromatic N) is 1. The van der Waals surface area contributed by atoms with Crippen LogP contribution in [0.5, 0.6) is 0 Å². The first-order valence-electron chi connectivity index (χ1n) is 9.05. The summed E-state index contributed by atoms with van der Waals surface area (Å²) in [6.45, 7) is 2.36. The minimum Gasteiger partial charge on any atom is -0.273 e. The van der Waals surface area contributed by atoms with Gasteiger partial charge in [-0.2, -0.15) is 4.31 Å². The van der Waals surface area contributed by atoms with E-state index < -0.39 is 15.9 Å². The van der Waals surface area contributed by atoms with E-state index in [1.54, 1.807) is 12.1 Å². The average Bonchev–Trinajstić information content (AvgIpc) is 3.14. The topological polar surface area (TPSA) is 95.6 Å².